The van der Waals surface area contributed by atoms with Crippen molar-refractivity contribution in [2.24, 2.45) is 0 Å². The van der Waals surface area contributed by atoms with E-state index in [1.165, 1.54) is 44.6 Å². The average Bonchev–Trinajstić information content (AvgIpc) is 0.723. The Morgan fingerprint density at radius 3 is 1.11 bits per heavy atom. The van der Waals surface area contributed by atoms with E-state index in [9.17, 15) is 9.59 Å². The molecular weight excluding hydrogens is 1880 g/mol. The maximum absolute atomic E-state index is 16.6. The Morgan fingerprint density at radius 2 is 0.732 bits per heavy atom. The van der Waals surface area contributed by atoms with E-state index >= 15 is 28.5 Å². The summed E-state index contributed by atoms with van der Waals surface area (Å²) < 4.78 is 660. The molecule has 0 spiro atoms. The second-order valence-corrected chi connectivity index (χ2v) is 35.8. The number of phosphoric acid groups is 1. The number of esters is 3. The largest absolute Gasteiger partial charge is 0.475 e. The smallest absolute Gasteiger partial charge is 0.465 e. The third-order valence-electron chi connectivity index (χ3n) is 24.6. The Kier molecular flexibility index (Phi) is 33.4. The van der Waals surface area contributed by atoms with Gasteiger partial charge in [-0.3, -0.25) is 32.7 Å². The van der Waals surface area contributed by atoms with Crippen LogP contribution < -0.4 is 21.3 Å². The van der Waals surface area contributed by atoms with Gasteiger partial charge in [0.15, 0.2) is 0 Å². The van der Waals surface area contributed by atoms with Gasteiger partial charge in [-0.05, 0) is 19.3 Å². The van der Waals surface area contributed by atoms with Crippen molar-refractivity contribution in [2.75, 3.05) is 201 Å². The summed E-state index contributed by atoms with van der Waals surface area (Å²) in [6, 6.07) is -11.3. The summed E-state index contributed by atoms with van der Waals surface area (Å²) in [5, 5.41) is 8.14. The van der Waals surface area contributed by atoms with Crippen molar-refractivity contribution < 1.29 is 258 Å². The molecule has 43 heteroatoms. The first-order chi connectivity index (χ1) is 90.4. The molecule has 4 fully saturated rings. The molecule has 0 aromatic rings. The SMILES string of the molecule is [2H]C([2H])([2H])OCC(=O)N[C@H]1[C@H]([C@@H](OC([2H])([2H])[2H])[C@@H](COC)OC([2H])([2H])[2H])O[C@@](OCC(=O)N[C@H]2[C@H]([C@@H](OC([2H])([2H])[2H])[C@@H](COC)OC([2H])([2H])[2H])O[C@@](OCC(=O)N[C@H]3[C@H]([C@@H](OC([2H])([2H])[2H])[C@@H](COC)OC([2H])([2H])[2H])O[C@@](O[C@H]4[C@@H](OC([2H])([2H])[2H])[C@@H](OP(=O)(OC[C@H](NC(=O)CCCCCCCCCCCCCCCCCCCCC)[C@@H](/C=C/CCCCCCCCCCC)OC([2H])([2H])[2H])OC([2H])([2H])[2H])[C@H](OC([2H])([2H])[2H])[C@@H](OC([2H])([2H])[2H])[C@@H]4OC([2H])([2H])[2H])(C(=O)OC([2H])([2H])[2H])C[C@@H]3OC([2H])([2H])[2H])(C(=O)OC([2H])([2H])[2H])C[C@@H]2OC([2H])([2H])[2H])(C(=O)OC([2H])([2H])[2H])C[C@@H]1OC([2H])([2H])[2H]. The molecule has 3 heterocycles. The quantitative estimate of drug-likeness (QED) is 0.0145. The van der Waals surface area contributed by atoms with Crippen molar-refractivity contribution in [2.45, 2.75) is 383 Å². The first-order valence-electron chi connectivity index (χ1n) is 75.2. The number of nitrogens with one attached hydrogen (secondary N) is 4. The number of allylic oxidation sites excluding steroid dienone is 1. The highest BCUT2D eigenvalue weighted by Crippen LogP contribution is 2.54. The highest BCUT2D eigenvalue weighted by atomic mass is 31.2. The lowest BCUT2D eigenvalue weighted by Gasteiger charge is -2.53. The van der Waals surface area contributed by atoms with Crippen molar-refractivity contribution in [3.05, 3.63) is 12.2 Å². The van der Waals surface area contributed by atoms with Crippen molar-refractivity contribution in [3.63, 3.8) is 0 Å². The highest BCUT2D eigenvalue weighted by Gasteiger charge is 2.65. The molecule has 0 aromatic heterocycles. The fourth-order valence-corrected chi connectivity index (χ4v) is 18.3. The van der Waals surface area contributed by atoms with Crippen LogP contribution in [0.3, 0.4) is 0 Å². The maximum Gasteiger partial charge on any atom is 0.475 e. The van der Waals surface area contributed by atoms with E-state index in [0.717, 1.165) is 109 Å². The van der Waals surface area contributed by atoms with Crippen LogP contribution in [0, 0.1) is 0 Å². The van der Waals surface area contributed by atoms with Crippen LogP contribution in [0.25, 0.3) is 0 Å². The minimum absolute atomic E-state index is 0.0801. The van der Waals surface area contributed by atoms with Crippen LogP contribution in [0.4, 0.5) is 0 Å². The molecule has 4 amide bonds. The second-order valence-electron chi connectivity index (χ2n) is 34.2. The van der Waals surface area contributed by atoms with Crippen LogP contribution >= 0.6 is 7.82 Å². The Morgan fingerprint density at radius 1 is 0.373 bits per heavy atom. The van der Waals surface area contributed by atoms with Gasteiger partial charge in [0.2, 0.25) is 23.6 Å². The number of rotatable bonds is 81. The minimum Gasteiger partial charge on any atom is -0.465 e. The van der Waals surface area contributed by atoms with Crippen molar-refractivity contribution in [3.8, 4) is 0 Å². The third kappa shape index (κ3) is 40.2. The Balaban J connectivity index is 2.38. The summed E-state index contributed by atoms with van der Waals surface area (Å²) in [6.45, 7) is -8.27. The van der Waals surface area contributed by atoms with E-state index in [0.29, 0.717) is 52.7 Å². The number of ether oxygens (including phenoxy) is 27. The van der Waals surface area contributed by atoms with Crippen LogP contribution in [-0.2, 0) is 180 Å². The number of methoxy groups -OCH3 is 21. The molecule has 3 saturated heterocycles. The van der Waals surface area contributed by atoms with E-state index in [-0.39, 0.29) is 12.8 Å². The second kappa shape index (κ2) is 72.6. The minimum atomic E-state index is -7.04. The Hall–Kier alpha value is -4.82. The average molecular weight is 2120 g/mol. The van der Waals surface area contributed by atoms with Gasteiger partial charge in [0, 0.05) is 160 Å². The van der Waals surface area contributed by atoms with E-state index in [4.69, 9.17) is 210 Å². The number of hydrogen-bond acceptors (Lipinski definition) is 38. The first kappa shape index (κ1) is 65.4. The molecule has 0 bridgehead atoms. The summed E-state index contributed by atoms with van der Waals surface area (Å²) in [5.74, 6) is -29.2. The molecule has 142 heavy (non-hydrogen) atoms. The topological polar surface area (TPSA) is 462 Å². The summed E-state index contributed by atoms with van der Waals surface area (Å²) in [7, 11) is -84.7. The molecular formula is C99H181N4O38P. The molecule has 830 valence electrons. The van der Waals surface area contributed by atoms with Crippen molar-refractivity contribution in [1.82, 2.24) is 21.3 Å². The molecule has 4 rings (SSSR count). The molecule has 0 aromatic carbocycles. The predicted molar refractivity (Wildman–Crippen MR) is 520 cm³/mol. The number of carbonyl (C=O) groups is 7. The standard InChI is InChI=1S/C99H181N4O38P/c1-25-27-29-31-33-35-37-38-39-40-41-42-43-44-46-48-50-52-54-56-75(104)100-67(68(116-7)55-53-51-49-47-45-36-34-32-30-28-26-2)60-136-142(111,133-24)141-93-90(128-19)88(126-17)89(127-18)92(91(93)129-20)140-99(96(110)132-23)59-71(119-10)81(87(139-99)84(125-16)74(122-13)63-114-5)103-78(107)66-135-98(95(109)131-22)58-70(118-9)80(86(138-98)83(124-15)73(121-12)62-113-4)102-77(106)65-134-97(94(108)130-21)57-69(117-8)79(101-76(105)64-115-6)85(137-97)82(123-14)72(120-11)61-112-3/h53,55,67-74,79-93H,25-52,54,56-66H2,1-24H3,(H,100,104)(H,101,105)(H,102,106)(H,103,107)/b55-53+/t67-,68+,69-,70-,71-,72+,73+,74+,79+,80+,81+,82-,83-,84-,85+,86+,87+,88-,89-,90+,91+,92+,93-,97+,98+,99-,142?/m0/s1/i6D3,7D3,8D3,9D3,10D3,11D3,12D3,13D3,14D3,15D3,16D3,17D3,18D3,19D3,20D3,21D3,22D3,23D3,24D3. The highest BCUT2D eigenvalue weighted by molar-refractivity contribution is 7.48. The molecule has 1 unspecified atom stereocenters. The van der Waals surface area contributed by atoms with Gasteiger partial charge < -0.3 is 149 Å². The van der Waals surface area contributed by atoms with Gasteiger partial charge in [0.1, 0.15) is 111 Å². The molecule has 3 aliphatic heterocycles. The van der Waals surface area contributed by atoms with E-state index < -0.39 is 413 Å². The number of carbonyl (C=O) groups excluding carboxylic acids is 7. The van der Waals surface area contributed by atoms with E-state index in [1.54, 1.807) is 0 Å². The monoisotopic (exact) mass is 2120 g/mol. The number of phosphoric ester groups is 1. The molecule has 42 nitrogen and oxygen atoms in total. The first-order valence-corrected chi connectivity index (χ1v) is 48.1. The van der Waals surface area contributed by atoms with Crippen molar-refractivity contribution in [1.29, 1.82) is 0 Å². The number of unbranched alkanes of at least 4 members (excludes halogenated alkanes) is 27. The lowest BCUT2D eigenvalue weighted by atomic mass is 9.83. The molecule has 4 N–H and O–H groups in total. The summed E-state index contributed by atoms with van der Waals surface area (Å²) >= 11 is 0. The number of hydrogen-bond donors (Lipinski definition) is 4. The van der Waals surface area contributed by atoms with Gasteiger partial charge in [0.25, 0.3) is 17.4 Å². The predicted octanol–water partition coefficient (Wildman–Crippen LogP) is 9.58. The van der Waals surface area contributed by atoms with E-state index in [1.807, 2.05) is 22.9 Å². The number of amides is 4. The lowest BCUT2D eigenvalue weighted by molar-refractivity contribution is -0.357. The molecule has 4 aliphatic rings. The van der Waals surface area contributed by atoms with Crippen LogP contribution in [0.15, 0.2) is 12.2 Å². The summed E-state index contributed by atoms with van der Waals surface area (Å²) in [5.41, 5.74) is 0. The lowest BCUT2D eigenvalue weighted by Crippen LogP contribution is -2.72. The molecule has 27 atom stereocenters. The Labute approximate surface area is 924 Å². The van der Waals surface area contributed by atoms with Crippen LogP contribution in [0.1, 0.15) is 304 Å². The van der Waals surface area contributed by atoms with Gasteiger partial charge in [-0.25, -0.2) is 18.9 Å². The zero-order valence-corrected chi connectivity index (χ0v) is 81.1. The fraction of sp³-hybridized carbons (Fsp3) is 0.909. The van der Waals surface area contributed by atoms with Gasteiger partial charge in [-0.15, -0.1) is 0 Å². The van der Waals surface area contributed by atoms with Crippen LogP contribution in [0.2, 0.25) is 0 Å². The van der Waals surface area contributed by atoms with E-state index in [2.05, 4.69) is 21.7 Å². The van der Waals surface area contributed by atoms with Crippen LogP contribution in [0.5, 0.6) is 0 Å². The summed E-state index contributed by atoms with van der Waals surface area (Å²) in [4.78, 5) is 108. The van der Waals surface area contributed by atoms with Crippen LogP contribution in [-0.4, -0.2) is 400 Å². The molecule has 1 aliphatic carbocycles. The van der Waals surface area contributed by atoms with Gasteiger partial charge in [0.05, 0.1) is 174 Å². The van der Waals surface area contributed by atoms with Crippen molar-refractivity contribution >= 4 is 49.4 Å². The molecule has 1 saturated carbocycles. The normalized spacial score (nSPS) is 35.1. The summed E-state index contributed by atoms with van der Waals surface area (Å²) in [6.07, 6.45) is -41.8. The molecule has 0 radical (unpaired) electrons. The maximum atomic E-state index is 16.6. The van der Waals surface area contributed by atoms with Gasteiger partial charge in [-0.2, -0.15) is 0 Å². The fourth-order valence-electron chi connectivity index (χ4n) is 17.3. The Bertz CT molecular complexity index is 5670. The zero-order valence-electron chi connectivity index (χ0n) is 137. The van der Waals surface area contributed by atoms with Gasteiger partial charge in [-0.1, -0.05) is 193 Å². The van der Waals surface area contributed by atoms with Gasteiger partial charge >= 0.3 is 25.7 Å². The third-order valence-corrected chi connectivity index (χ3v) is 25.8. The zero-order chi connectivity index (χ0) is 153.